The fourth-order valence-corrected chi connectivity index (χ4v) is 6.06. The summed E-state index contributed by atoms with van der Waals surface area (Å²) in [6.07, 6.45) is 6.64. The van der Waals surface area contributed by atoms with E-state index in [4.69, 9.17) is 11.1 Å². The van der Waals surface area contributed by atoms with Gasteiger partial charge in [-0.15, -0.1) is 0 Å². The molecule has 202 valence electrons. The Labute approximate surface area is 211 Å². The van der Waals surface area contributed by atoms with Crippen molar-refractivity contribution in [3.8, 4) is 0 Å². The third kappa shape index (κ3) is 5.35. The highest BCUT2D eigenvalue weighted by molar-refractivity contribution is 7.92. The number of hydrogen-bond donors (Lipinski definition) is 3. The van der Waals surface area contributed by atoms with Crippen molar-refractivity contribution in [2.45, 2.75) is 60.6 Å². The number of sulfone groups is 1. The van der Waals surface area contributed by atoms with E-state index in [1.54, 1.807) is 4.68 Å². The number of carbonyl (C=O) groups excluding carboxylic acids is 1. The van der Waals surface area contributed by atoms with E-state index in [9.17, 15) is 30.8 Å². The molecule has 14 heteroatoms. The van der Waals surface area contributed by atoms with E-state index < -0.39 is 32.8 Å². The predicted molar refractivity (Wildman–Crippen MR) is 128 cm³/mol. The Kier molecular flexibility index (Phi) is 7.60. The lowest BCUT2D eigenvalue weighted by molar-refractivity contribution is -0.0436. The topological polar surface area (TPSA) is 134 Å². The summed E-state index contributed by atoms with van der Waals surface area (Å²) in [6, 6.07) is 3.70. The molecule has 2 fully saturated rings. The van der Waals surface area contributed by atoms with Gasteiger partial charge in [0.05, 0.1) is 10.9 Å². The van der Waals surface area contributed by atoms with E-state index in [1.807, 2.05) is 0 Å². The van der Waals surface area contributed by atoms with Crippen LogP contribution in [-0.4, -0.2) is 66.0 Å². The maximum absolute atomic E-state index is 13.4. The summed E-state index contributed by atoms with van der Waals surface area (Å²) in [5, 5.41) is 15.2. The smallest absolute Gasteiger partial charge is 0.365 e. The van der Waals surface area contributed by atoms with Crippen molar-refractivity contribution in [2.75, 3.05) is 18.5 Å². The largest absolute Gasteiger partial charge is 0.501 e. The lowest BCUT2D eigenvalue weighted by Gasteiger charge is -2.40. The Bertz CT molecular complexity index is 1250. The minimum absolute atomic E-state index is 0.0369. The standard InChI is InChI=1S/C23H28F4N6O3S/c24-11-17-2-1-9-32(17)16-5-8-20(14(10-16)12-28)33-13-19(21(29)34)22(31-33)30-15-3-6-18(7-4-15)37(35,36)23(25,26)27/h3-4,6-7,12-14,16-17,20,28H,1-2,5,8-11H2,(H2,29,34)(H,30,31)/t14-,16?,17-,20+/m1/s1. The van der Waals surface area contributed by atoms with Gasteiger partial charge in [0.2, 0.25) is 0 Å². The number of nitrogens with zero attached hydrogens (tertiary/aromatic N) is 3. The summed E-state index contributed by atoms with van der Waals surface area (Å²) in [7, 11) is -5.49. The second kappa shape index (κ2) is 10.4. The van der Waals surface area contributed by atoms with Gasteiger partial charge < -0.3 is 16.5 Å². The van der Waals surface area contributed by atoms with Crippen molar-refractivity contribution in [3.05, 3.63) is 36.0 Å². The second-order valence-electron chi connectivity index (χ2n) is 9.39. The molecule has 1 saturated heterocycles. The Balaban J connectivity index is 1.53. The van der Waals surface area contributed by atoms with Crippen LogP contribution in [0, 0.1) is 11.3 Å². The van der Waals surface area contributed by atoms with Crippen molar-refractivity contribution in [3.63, 3.8) is 0 Å². The van der Waals surface area contributed by atoms with Crippen LogP contribution in [0.25, 0.3) is 0 Å². The molecule has 4 atom stereocenters. The van der Waals surface area contributed by atoms with Crippen LogP contribution in [0.5, 0.6) is 0 Å². The highest BCUT2D eigenvalue weighted by Crippen LogP contribution is 2.38. The van der Waals surface area contributed by atoms with Gasteiger partial charge in [0, 0.05) is 36.1 Å². The third-order valence-corrected chi connectivity index (χ3v) is 8.69. The van der Waals surface area contributed by atoms with Crippen LogP contribution in [0.15, 0.2) is 35.4 Å². The minimum atomic E-state index is -5.49. The second-order valence-corrected chi connectivity index (χ2v) is 11.3. The van der Waals surface area contributed by atoms with Crippen LogP contribution in [0.1, 0.15) is 48.5 Å². The van der Waals surface area contributed by atoms with Crippen LogP contribution in [0.4, 0.5) is 29.1 Å². The normalized spacial score (nSPS) is 25.2. The van der Waals surface area contributed by atoms with Crippen molar-refractivity contribution >= 4 is 33.5 Å². The molecule has 1 aliphatic carbocycles. The van der Waals surface area contributed by atoms with Crippen LogP contribution in [0.2, 0.25) is 0 Å². The maximum atomic E-state index is 13.4. The number of benzene rings is 1. The average molecular weight is 545 g/mol. The van der Waals surface area contributed by atoms with Crippen molar-refractivity contribution in [1.82, 2.24) is 14.7 Å². The first kappa shape index (κ1) is 27.0. The number of carbonyl (C=O) groups is 1. The lowest BCUT2D eigenvalue weighted by atomic mass is 9.81. The average Bonchev–Trinajstić information content (AvgIpc) is 3.50. The van der Waals surface area contributed by atoms with Gasteiger partial charge in [0.15, 0.2) is 5.82 Å². The monoisotopic (exact) mass is 544 g/mol. The number of aromatic nitrogens is 2. The molecule has 4 rings (SSSR count). The molecule has 0 bridgehead atoms. The van der Waals surface area contributed by atoms with E-state index in [-0.39, 0.29) is 41.1 Å². The van der Waals surface area contributed by atoms with E-state index >= 15 is 0 Å². The number of nitrogens with one attached hydrogen (secondary N) is 2. The van der Waals surface area contributed by atoms with Crippen LogP contribution >= 0.6 is 0 Å². The lowest BCUT2D eigenvalue weighted by Crippen LogP contribution is -2.45. The van der Waals surface area contributed by atoms with Gasteiger partial charge in [0.25, 0.3) is 15.7 Å². The van der Waals surface area contributed by atoms with Crippen LogP contribution < -0.4 is 11.1 Å². The number of amides is 1. The summed E-state index contributed by atoms with van der Waals surface area (Å²) in [5.41, 5.74) is 0.333. The molecule has 0 spiro atoms. The zero-order chi connectivity index (χ0) is 27.0. The molecule has 1 unspecified atom stereocenters. The first-order valence-corrected chi connectivity index (χ1v) is 13.3. The van der Waals surface area contributed by atoms with Gasteiger partial charge in [-0.2, -0.15) is 18.3 Å². The van der Waals surface area contributed by atoms with Crippen molar-refractivity contribution in [2.24, 2.45) is 11.7 Å². The number of primary amides is 1. The molecule has 0 radical (unpaired) electrons. The van der Waals surface area contributed by atoms with Gasteiger partial charge in [-0.3, -0.25) is 14.4 Å². The number of alkyl halides is 4. The molecule has 2 aliphatic rings. The Morgan fingerprint density at radius 1 is 1.22 bits per heavy atom. The van der Waals surface area contributed by atoms with Gasteiger partial charge in [0.1, 0.15) is 12.2 Å². The summed E-state index contributed by atoms with van der Waals surface area (Å²) in [5.74, 6) is -0.935. The fraction of sp³-hybridized carbons (Fsp3) is 0.522. The summed E-state index contributed by atoms with van der Waals surface area (Å²) in [6.45, 7) is 0.438. The zero-order valence-electron chi connectivity index (χ0n) is 19.8. The molecule has 1 aliphatic heterocycles. The molecular weight excluding hydrogens is 516 g/mol. The molecule has 1 amide bonds. The highest BCUT2D eigenvalue weighted by atomic mass is 32.2. The van der Waals surface area contributed by atoms with E-state index in [0.29, 0.717) is 12.8 Å². The summed E-state index contributed by atoms with van der Waals surface area (Å²) in [4.78, 5) is 13.4. The van der Waals surface area contributed by atoms with E-state index in [0.717, 1.165) is 50.1 Å². The first-order chi connectivity index (χ1) is 17.5. The number of hydrogen-bond acceptors (Lipinski definition) is 7. The van der Waals surface area contributed by atoms with Gasteiger partial charge in [-0.1, -0.05) is 0 Å². The summed E-state index contributed by atoms with van der Waals surface area (Å²) >= 11 is 0. The predicted octanol–water partition coefficient (Wildman–Crippen LogP) is 3.81. The summed E-state index contributed by atoms with van der Waals surface area (Å²) < 4.78 is 76.5. The molecule has 2 heterocycles. The molecule has 4 N–H and O–H groups in total. The molecule has 37 heavy (non-hydrogen) atoms. The number of likely N-dealkylation sites (tertiary alicyclic amines) is 1. The molecule has 2 aromatic rings. The Morgan fingerprint density at radius 2 is 1.92 bits per heavy atom. The van der Waals surface area contributed by atoms with Crippen molar-refractivity contribution in [1.29, 1.82) is 5.41 Å². The number of rotatable bonds is 8. The Hall–Kier alpha value is -3.00. The highest BCUT2D eigenvalue weighted by Gasteiger charge is 2.46. The Morgan fingerprint density at radius 3 is 2.51 bits per heavy atom. The van der Waals surface area contributed by atoms with Gasteiger partial charge >= 0.3 is 5.51 Å². The molecule has 9 nitrogen and oxygen atoms in total. The quantitative estimate of drug-likeness (QED) is 0.342. The van der Waals surface area contributed by atoms with Crippen LogP contribution in [-0.2, 0) is 9.84 Å². The molecular formula is C23H28F4N6O3S. The van der Waals surface area contributed by atoms with Crippen LogP contribution in [0.3, 0.4) is 0 Å². The molecule has 1 saturated carbocycles. The molecule has 1 aromatic heterocycles. The number of anilines is 2. The zero-order valence-corrected chi connectivity index (χ0v) is 20.6. The molecule has 1 aromatic carbocycles. The minimum Gasteiger partial charge on any atom is -0.365 e. The number of halogens is 4. The fourth-order valence-electron chi connectivity index (χ4n) is 5.30. The maximum Gasteiger partial charge on any atom is 0.501 e. The first-order valence-electron chi connectivity index (χ1n) is 11.9. The van der Waals surface area contributed by atoms with E-state index in [1.165, 1.54) is 12.4 Å². The van der Waals surface area contributed by atoms with Gasteiger partial charge in [-0.05, 0) is 62.9 Å². The SMILES string of the molecule is N=C[C@H]1CC(N2CCC[C@@H]2CF)CC[C@@H]1n1cc(C(N)=O)c(Nc2ccc(S(=O)(=O)C(F)(F)F)cc2)n1. The number of nitrogens with two attached hydrogens (primary N) is 1. The van der Waals surface area contributed by atoms with Crippen molar-refractivity contribution < 1.29 is 30.8 Å². The van der Waals surface area contributed by atoms with E-state index in [2.05, 4.69) is 15.3 Å². The van der Waals surface area contributed by atoms with Gasteiger partial charge in [-0.25, -0.2) is 12.8 Å². The third-order valence-electron chi connectivity index (χ3n) is 7.19.